The smallest absolute Gasteiger partial charge is 0.150 e. The number of carbonyl (C=O) groups excluding carboxylic acids is 1. The summed E-state index contributed by atoms with van der Waals surface area (Å²) < 4.78 is 0. The van der Waals surface area contributed by atoms with Crippen molar-refractivity contribution in [3.63, 3.8) is 0 Å². The molecule has 0 atom stereocenters. The van der Waals surface area contributed by atoms with Crippen molar-refractivity contribution in [1.82, 2.24) is 0 Å². The minimum Gasteiger partial charge on any atom is -0.298 e. The number of hydrogen-bond acceptors (Lipinski definition) is 3. The second kappa shape index (κ2) is 11.7. The van der Waals surface area contributed by atoms with Gasteiger partial charge in [-0.15, -0.1) is 0 Å². The highest BCUT2D eigenvalue weighted by Crippen LogP contribution is 2.19. The van der Waals surface area contributed by atoms with Crippen molar-refractivity contribution in [3.05, 3.63) is 141 Å². The van der Waals surface area contributed by atoms with E-state index in [1.165, 1.54) is 0 Å². The zero-order valence-electron chi connectivity index (χ0n) is 19.5. The van der Waals surface area contributed by atoms with Crippen LogP contribution in [0.3, 0.4) is 0 Å². The molecule has 0 aliphatic carbocycles. The average molecular weight is 463 g/mol. The summed E-state index contributed by atoms with van der Waals surface area (Å²) in [6, 6.07) is 33.0. The van der Waals surface area contributed by atoms with E-state index in [0.717, 1.165) is 39.7 Å². The van der Waals surface area contributed by atoms with Crippen molar-refractivity contribution in [2.75, 3.05) is 0 Å². The van der Waals surface area contributed by atoms with Gasteiger partial charge in [0.1, 0.15) is 6.29 Å². The van der Waals surface area contributed by atoms with E-state index < -0.39 is 0 Å². The first-order valence-electron chi connectivity index (χ1n) is 11.4. The molecule has 4 aromatic carbocycles. The average Bonchev–Trinajstić information content (AvgIpc) is 2.94. The Bertz CT molecular complexity index is 1440. The van der Waals surface area contributed by atoms with Crippen LogP contribution in [-0.2, 0) is 0 Å². The van der Waals surface area contributed by atoms with Crippen LogP contribution in [0.4, 0.5) is 0 Å². The molecule has 0 saturated heterocycles. The molecule has 36 heavy (non-hydrogen) atoms. The quantitative estimate of drug-likeness (QED) is 0.208. The van der Waals surface area contributed by atoms with E-state index in [-0.39, 0.29) is 0 Å². The summed E-state index contributed by atoms with van der Waals surface area (Å²) in [6.07, 6.45) is 13.1. The molecule has 3 heteroatoms. The normalized spacial score (nSPS) is 11.1. The summed E-state index contributed by atoms with van der Waals surface area (Å²) in [4.78, 5) is 10.9. The minimum absolute atomic E-state index is 0.635. The molecular formula is C33H22N2O. The van der Waals surface area contributed by atoms with Gasteiger partial charge in [-0.1, -0.05) is 85.0 Å². The molecule has 0 N–H and O–H groups in total. The highest BCUT2D eigenvalue weighted by molar-refractivity contribution is 5.80. The third-order valence-electron chi connectivity index (χ3n) is 5.56. The van der Waals surface area contributed by atoms with E-state index in [1.54, 1.807) is 36.4 Å². The van der Waals surface area contributed by atoms with Crippen LogP contribution in [0.5, 0.6) is 0 Å². The summed E-state index contributed by atoms with van der Waals surface area (Å²) in [6.45, 7) is 0. The van der Waals surface area contributed by atoms with Crippen LogP contribution in [0.15, 0.2) is 91.0 Å². The highest BCUT2D eigenvalue weighted by atomic mass is 16.1. The van der Waals surface area contributed by atoms with Crippen LogP contribution < -0.4 is 0 Å². The monoisotopic (exact) mass is 462 g/mol. The van der Waals surface area contributed by atoms with E-state index in [1.807, 2.05) is 60.7 Å². The Kier molecular flexibility index (Phi) is 7.80. The minimum atomic E-state index is 0.635. The predicted octanol–water partition coefficient (Wildman–Crippen LogP) is 7.75. The summed E-state index contributed by atoms with van der Waals surface area (Å²) in [5.41, 5.74) is 8.07. The van der Waals surface area contributed by atoms with Crippen molar-refractivity contribution in [1.29, 1.82) is 10.5 Å². The van der Waals surface area contributed by atoms with Gasteiger partial charge in [-0.05, 0) is 75.8 Å². The van der Waals surface area contributed by atoms with Gasteiger partial charge in [0.25, 0.3) is 0 Å². The fraction of sp³-hybridized carbons (Fsp3) is 0. The molecule has 0 unspecified atom stereocenters. The lowest BCUT2D eigenvalue weighted by Gasteiger charge is -2.03. The maximum Gasteiger partial charge on any atom is 0.150 e. The Morgan fingerprint density at radius 3 is 1.00 bits per heavy atom. The molecule has 0 aliphatic heterocycles. The van der Waals surface area contributed by atoms with Crippen molar-refractivity contribution < 1.29 is 4.79 Å². The first kappa shape index (κ1) is 23.9. The van der Waals surface area contributed by atoms with Gasteiger partial charge in [0.2, 0.25) is 0 Å². The van der Waals surface area contributed by atoms with Gasteiger partial charge in [-0.25, -0.2) is 0 Å². The summed E-state index contributed by atoms with van der Waals surface area (Å²) in [7, 11) is 0. The van der Waals surface area contributed by atoms with Crippen molar-refractivity contribution in [2.45, 2.75) is 0 Å². The molecule has 170 valence electrons. The molecule has 0 amide bonds. The molecule has 0 aliphatic rings. The fourth-order valence-corrected chi connectivity index (χ4v) is 3.59. The summed E-state index contributed by atoms with van der Waals surface area (Å²) >= 11 is 0. The summed E-state index contributed by atoms with van der Waals surface area (Å²) in [5.74, 6) is 0. The predicted molar refractivity (Wildman–Crippen MR) is 147 cm³/mol. The van der Waals surface area contributed by atoms with Crippen molar-refractivity contribution in [2.24, 2.45) is 0 Å². The standard InChI is InChI=1S/C33H22N2O/c34-22-28-10-1-25(2-11-28)7-16-31-19-32(17-8-26-3-12-29(23-35)13-4-26)21-33(20-31)18-9-27-5-14-30(24-36)15-6-27/h1-21,24H/b16-7+,17-8+,18-9+. The summed E-state index contributed by atoms with van der Waals surface area (Å²) in [5, 5.41) is 18.0. The third kappa shape index (κ3) is 6.64. The van der Waals surface area contributed by atoms with E-state index in [0.29, 0.717) is 16.7 Å². The fourth-order valence-electron chi connectivity index (χ4n) is 3.59. The van der Waals surface area contributed by atoms with E-state index >= 15 is 0 Å². The number of benzene rings is 4. The number of nitriles is 2. The van der Waals surface area contributed by atoms with Gasteiger partial charge in [0, 0.05) is 5.56 Å². The molecule has 0 radical (unpaired) electrons. The highest BCUT2D eigenvalue weighted by Gasteiger charge is 1.98. The number of aldehydes is 1. The van der Waals surface area contributed by atoms with Crippen LogP contribution >= 0.6 is 0 Å². The molecule has 4 aromatic rings. The van der Waals surface area contributed by atoms with E-state index in [4.69, 9.17) is 10.5 Å². The van der Waals surface area contributed by atoms with Crippen molar-refractivity contribution >= 4 is 42.7 Å². The molecule has 4 rings (SSSR count). The van der Waals surface area contributed by atoms with E-state index in [2.05, 4.69) is 42.5 Å². The van der Waals surface area contributed by atoms with Crippen LogP contribution in [0, 0.1) is 22.7 Å². The maximum atomic E-state index is 10.9. The Hall–Kier alpha value is -5.25. The van der Waals surface area contributed by atoms with Gasteiger partial charge in [0.05, 0.1) is 23.3 Å². The lowest BCUT2D eigenvalue weighted by atomic mass is 10.0. The molecular weight excluding hydrogens is 440 g/mol. The Morgan fingerprint density at radius 2 is 0.694 bits per heavy atom. The van der Waals surface area contributed by atoms with E-state index in [9.17, 15) is 4.79 Å². The third-order valence-corrected chi connectivity index (χ3v) is 5.56. The molecule has 0 fully saturated rings. The molecule has 0 aromatic heterocycles. The van der Waals surface area contributed by atoms with Gasteiger partial charge in [0.15, 0.2) is 0 Å². The molecule has 0 spiro atoms. The lowest BCUT2D eigenvalue weighted by Crippen LogP contribution is -1.83. The Balaban J connectivity index is 1.64. The zero-order chi connectivity index (χ0) is 25.2. The topological polar surface area (TPSA) is 64.7 Å². The maximum absolute atomic E-state index is 10.9. The zero-order valence-corrected chi connectivity index (χ0v) is 19.5. The van der Waals surface area contributed by atoms with Gasteiger partial charge < -0.3 is 0 Å². The SMILES string of the molecule is N#Cc1ccc(/C=C/c2cc(/C=C/c3ccc(C#N)cc3)cc(/C=C/c3ccc(C=O)cc3)c2)cc1. The Labute approximate surface area is 211 Å². The molecule has 0 heterocycles. The van der Waals surface area contributed by atoms with Gasteiger partial charge in [-0.3, -0.25) is 4.79 Å². The van der Waals surface area contributed by atoms with Gasteiger partial charge in [-0.2, -0.15) is 10.5 Å². The second-order valence-electron chi connectivity index (χ2n) is 8.19. The second-order valence-corrected chi connectivity index (χ2v) is 8.19. The largest absolute Gasteiger partial charge is 0.298 e. The number of nitrogens with zero attached hydrogens (tertiary/aromatic N) is 2. The molecule has 0 saturated carbocycles. The van der Waals surface area contributed by atoms with Crippen LogP contribution in [0.2, 0.25) is 0 Å². The lowest BCUT2D eigenvalue weighted by molar-refractivity contribution is 0.112. The first-order chi connectivity index (χ1) is 17.6. The van der Waals surface area contributed by atoms with Crippen LogP contribution in [0.1, 0.15) is 54.9 Å². The number of carbonyl (C=O) groups is 1. The van der Waals surface area contributed by atoms with Crippen LogP contribution in [-0.4, -0.2) is 6.29 Å². The molecule has 3 nitrogen and oxygen atoms in total. The number of hydrogen-bond donors (Lipinski definition) is 0. The van der Waals surface area contributed by atoms with Gasteiger partial charge >= 0.3 is 0 Å². The first-order valence-corrected chi connectivity index (χ1v) is 11.4. The van der Waals surface area contributed by atoms with Crippen LogP contribution in [0.25, 0.3) is 36.5 Å². The van der Waals surface area contributed by atoms with Crippen molar-refractivity contribution in [3.8, 4) is 12.1 Å². The number of rotatable bonds is 7. The Morgan fingerprint density at radius 1 is 0.417 bits per heavy atom. The molecule has 0 bridgehead atoms.